The summed E-state index contributed by atoms with van der Waals surface area (Å²) in [7, 11) is 0. The smallest absolute Gasteiger partial charge is 0.342 e. The summed E-state index contributed by atoms with van der Waals surface area (Å²) in [5.74, 6) is 2.28. The Labute approximate surface area is 338 Å². The summed E-state index contributed by atoms with van der Waals surface area (Å²) < 4.78 is 6.81. The molecule has 0 amide bonds. The lowest BCUT2D eigenvalue weighted by atomic mass is 10.6. The molecule has 30 heteroatoms. The minimum absolute atomic E-state index is 0.0819. The fraction of sp³-hybridized carbons (Fsp3) is 0.500. The van der Waals surface area contributed by atoms with Crippen molar-refractivity contribution in [2.24, 2.45) is 0 Å². The Hall–Kier alpha value is -7.15. The quantitative estimate of drug-likeness (QED) is 0.0705. The number of nitro groups is 5. The molecule has 0 bridgehead atoms. The lowest BCUT2D eigenvalue weighted by molar-refractivity contribution is -0.392. The van der Waals surface area contributed by atoms with E-state index < -0.39 is 24.6 Å². The summed E-state index contributed by atoms with van der Waals surface area (Å²) in [5.41, 5.74) is 0. The van der Waals surface area contributed by atoms with Crippen LogP contribution in [0.4, 0.5) is 29.1 Å². The molecule has 30 nitrogen and oxygen atoms in total. The van der Waals surface area contributed by atoms with Crippen LogP contribution in [0, 0.1) is 85.2 Å². The molecule has 5 heterocycles. The van der Waals surface area contributed by atoms with Crippen molar-refractivity contribution < 1.29 is 50.1 Å². The highest BCUT2D eigenvalue weighted by Crippen LogP contribution is 2.16. The van der Waals surface area contributed by atoms with Gasteiger partial charge in [-0.05, 0) is 24.6 Å². The van der Waals surface area contributed by atoms with Crippen LogP contribution in [0.15, 0.2) is 31.0 Å². The van der Waals surface area contributed by atoms with E-state index in [0.29, 0.717) is 29.1 Å². The molecule has 5 rings (SSSR count). The van der Waals surface area contributed by atoms with Gasteiger partial charge < -0.3 is 76.1 Å². The summed E-state index contributed by atoms with van der Waals surface area (Å²) in [6.45, 7) is 8.69. The fourth-order valence-electron chi connectivity index (χ4n) is 4.89. The average molecular weight is 856 g/mol. The summed E-state index contributed by atoms with van der Waals surface area (Å²) >= 11 is 0. The molecule has 60 heavy (non-hydrogen) atoms. The zero-order valence-electron chi connectivity index (χ0n) is 33.0. The van der Waals surface area contributed by atoms with Gasteiger partial charge in [-0.3, -0.25) is 0 Å². The van der Waals surface area contributed by atoms with Gasteiger partial charge in [-0.15, -0.1) is 0 Å². The predicted octanol–water partition coefficient (Wildman–Crippen LogP) is 0.460. The SMILES string of the molecule is Cc1ncc([N+](=O)[O-])n1CCO.Cc1ncc([N+](=O)[O-])n1CCO.Cc1ncc([N+](=O)[O-])n1CCO.Cc1ncc([N+](=O)[O-])n1CCO.Cc1ncc([N+](=O)[O-])n1CCO. The Morgan fingerprint density at radius 1 is 0.367 bits per heavy atom. The predicted molar refractivity (Wildman–Crippen MR) is 204 cm³/mol. The van der Waals surface area contributed by atoms with E-state index in [9.17, 15) is 50.6 Å². The van der Waals surface area contributed by atoms with Gasteiger partial charge in [-0.25, -0.2) is 47.8 Å². The molecule has 0 saturated heterocycles. The van der Waals surface area contributed by atoms with Crippen LogP contribution in [-0.4, -0.2) is 131 Å². The topological polar surface area (TPSA) is 406 Å². The highest BCUT2D eigenvalue weighted by Gasteiger charge is 2.19. The number of aliphatic hydroxyl groups is 5. The minimum atomic E-state index is -0.518. The molecule has 0 aliphatic carbocycles. The Bertz CT molecular complexity index is 1820. The van der Waals surface area contributed by atoms with Crippen LogP contribution in [0.2, 0.25) is 0 Å². The normalized spacial score (nSPS) is 10.2. The molecule has 0 aliphatic rings. The molecule has 0 fully saturated rings. The van der Waals surface area contributed by atoms with Gasteiger partial charge >= 0.3 is 29.1 Å². The van der Waals surface area contributed by atoms with Crippen LogP contribution in [0.1, 0.15) is 29.1 Å². The summed E-state index contributed by atoms with van der Waals surface area (Å²) in [6, 6.07) is 0. The van der Waals surface area contributed by atoms with E-state index in [4.69, 9.17) is 25.5 Å². The lowest BCUT2D eigenvalue weighted by Gasteiger charge is -1.98. The summed E-state index contributed by atoms with van der Waals surface area (Å²) in [6.07, 6.45) is 5.93. The Kier molecular flexibility index (Phi) is 21.4. The van der Waals surface area contributed by atoms with Gasteiger partial charge in [0.1, 0.15) is 63.7 Å². The van der Waals surface area contributed by atoms with Crippen LogP contribution in [-0.2, 0) is 32.7 Å². The van der Waals surface area contributed by atoms with Gasteiger partial charge in [-0.2, -0.15) is 0 Å². The van der Waals surface area contributed by atoms with Crippen LogP contribution < -0.4 is 0 Å². The van der Waals surface area contributed by atoms with Gasteiger partial charge in [0.25, 0.3) is 0 Å². The molecule has 0 aliphatic heterocycles. The van der Waals surface area contributed by atoms with E-state index in [0.717, 1.165) is 0 Å². The molecule has 5 aromatic heterocycles. The maximum atomic E-state index is 10.4. The maximum absolute atomic E-state index is 10.4. The van der Waals surface area contributed by atoms with Crippen molar-refractivity contribution in [1.82, 2.24) is 47.8 Å². The fourth-order valence-corrected chi connectivity index (χ4v) is 4.89. The molecule has 330 valence electrons. The van der Waals surface area contributed by atoms with Gasteiger partial charge in [-0.1, -0.05) is 0 Å². The van der Waals surface area contributed by atoms with E-state index in [-0.39, 0.29) is 94.8 Å². The first kappa shape index (κ1) is 50.9. The molecule has 0 spiro atoms. The molecule has 0 radical (unpaired) electrons. The molecular formula is C30H45N15O15. The maximum Gasteiger partial charge on any atom is 0.342 e. The molecule has 0 saturated carbocycles. The van der Waals surface area contributed by atoms with Crippen molar-refractivity contribution in [3.8, 4) is 0 Å². The van der Waals surface area contributed by atoms with Gasteiger partial charge in [0, 0.05) is 34.6 Å². The third-order valence-electron chi connectivity index (χ3n) is 7.72. The third-order valence-corrected chi connectivity index (χ3v) is 7.72. The number of nitrogens with zero attached hydrogens (tertiary/aromatic N) is 15. The summed E-state index contributed by atoms with van der Waals surface area (Å²) in [5, 5.41) is 94.9. The standard InChI is InChI=1S/5C6H9N3O3/c5*1-5-7-4-6(9(11)12)8(5)2-3-10/h5*4,10H,2-3H2,1H3. The second kappa shape index (κ2) is 25.3. The van der Waals surface area contributed by atoms with Crippen molar-refractivity contribution in [1.29, 1.82) is 0 Å². The van der Waals surface area contributed by atoms with Crippen LogP contribution in [0.5, 0.6) is 0 Å². The molecule has 5 aromatic rings. The number of aliphatic hydroxyl groups excluding tert-OH is 5. The van der Waals surface area contributed by atoms with Crippen molar-refractivity contribution in [3.05, 3.63) is 111 Å². The number of hydrogen-bond donors (Lipinski definition) is 5. The highest BCUT2D eigenvalue weighted by atomic mass is 16.6. The average Bonchev–Trinajstić information content (AvgIpc) is 4.01. The number of rotatable bonds is 15. The minimum Gasteiger partial charge on any atom is -0.392 e. The first-order valence-corrected chi connectivity index (χ1v) is 17.2. The van der Waals surface area contributed by atoms with E-state index in [1.807, 2.05) is 0 Å². The second-order valence-corrected chi connectivity index (χ2v) is 11.5. The first-order valence-electron chi connectivity index (χ1n) is 17.2. The highest BCUT2D eigenvalue weighted by molar-refractivity contribution is 5.21. The third kappa shape index (κ3) is 14.7. The second-order valence-electron chi connectivity index (χ2n) is 11.5. The van der Waals surface area contributed by atoms with Gasteiger partial charge in [0.2, 0.25) is 0 Å². The number of hydrogen-bond acceptors (Lipinski definition) is 20. The van der Waals surface area contributed by atoms with Crippen molar-refractivity contribution in [3.63, 3.8) is 0 Å². The van der Waals surface area contributed by atoms with Gasteiger partial charge in [0.15, 0.2) is 29.1 Å². The van der Waals surface area contributed by atoms with Crippen LogP contribution in [0.3, 0.4) is 0 Å². The van der Waals surface area contributed by atoms with Crippen LogP contribution in [0.25, 0.3) is 0 Å². The van der Waals surface area contributed by atoms with Crippen LogP contribution >= 0.6 is 0 Å². The summed E-state index contributed by atoms with van der Waals surface area (Å²) in [4.78, 5) is 68.1. The van der Waals surface area contributed by atoms with E-state index in [2.05, 4.69) is 24.9 Å². The first-order chi connectivity index (χ1) is 28.3. The number of aromatic nitrogens is 10. The van der Waals surface area contributed by atoms with E-state index in [1.54, 1.807) is 34.6 Å². The van der Waals surface area contributed by atoms with Crippen molar-refractivity contribution in [2.75, 3.05) is 33.0 Å². The van der Waals surface area contributed by atoms with E-state index >= 15 is 0 Å². The zero-order chi connectivity index (χ0) is 45.7. The van der Waals surface area contributed by atoms with Crippen molar-refractivity contribution >= 4 is 29.1 Å². The number of imidazole rings is 5. The molecule has 0 aromatic carbocycles. The zero-order valence-corrected chi connectivity index (χ0v) is 33.0. The van der Waals surface area contributed by atoms with Crippen molar-refractivity contribution in [2.45, 2.75) is 67.3 Å². The lowest BCUT2D eigenvalue weighted by Crippen LogP contribution is -2.07. The molecular weight excluding hydrogens is 810 g/mol. The van der Waals surface area contributed by atoms with E-state index in [1.165, 1.54) is 53.8 Å². The Balaban J connectivity index is 0.000000375. The number of aryl methyl sites for hydroxylation is 5. The molecule has 0 unspecified atom stereocenters. The Morgan fingerprint density at radius 2 is 0.500 bits per heavy atom. The monoisotopic (exact) mass is 855 g/mol. The largest absolute Gasteiger partial charge is 0.392 e. The Morgan fingerprint density at radius 3 is 0.600 bits per heavy atom. The molecule has 0 atom stereocenters. The molecule has 5 N–H and O–H groups in total. The van der Waals surface area contributed by atoms with Gasteiger partial charge in [0.05, 0.1) is 33.0 Å².